The number of fused-ring (bicyclic) bond motifs is 6. The van der Waals surface area contributed by atoms with Crippen molar-refractivity contribution in [3.05, 3.63) is 261 Å². The first kappa shape index (κ1) is 53.1. The van der Waals surface area contributed by atoms with Gasteiger partial charge in [-0.3, -0.25) is 0 Å². The number of aryl methyl sites for hydroxylation is 8. The molecule has 0 atom stereocenters. The first-order chi connectivity index (χ1) is 40.4. The lowest BCUT2D eigenvalue weighted by Crippen LogP contribution is -2.05. The van der Waals surface area contributed by atoms with Gasteiger partial charge >= 0.3 is 6.18 Å². The lowest BCUT2D eigenvalue weighted by molar-refractivity contribution is -0.137. The van der Waals surface area contributed by atoms with Gasteiger partial charge in [0.25, 0.3) is 0 Å². The second-order valence-electron chi connectivity index (χ2n) is 22.8. The second-order valence-corrected chi connectivity index (χ2v) is 22.8. The summed E-state index contributed by atoms with van der Waals surface area (Å²) in [6.07, 6.45) is -4.65. The summed E-state index contributed by atoms with van der Waals surface area (Å²) in [4.78, 5) is 0. The molecule has 11 aromatic carbocycles. The summed E-state index contributed by atoms with van der Waals surface area (Å²) in [6, 6.07) is 72.4. The van der Waals surface area contributed by atoms with Crippen LogP contribution in [0.25, 0.3) is 122 Å². The van der Waals surface area contributed by atoms with E-state index in [1.807, 2.05) is 36.4 Å². The molecule has 0 aliphatic carbocycles. The van der Waals surface area contributed by atoms with Gasteiger partial charge in [0.15, 0.2) is 0 Å². The van der Waals surface area contributed by atoms with Crippen LogP contribution < -0.4 is 0 Å². The van der Waals surface area contributed by atoms with Crippen molar-refractivity contribution in [3.63, 3.8) is 0 Å². The van der Waals surface area contributed by atoms with Gasteiger partial charge in [0.1, 0.15) is 0 Å². The Morgan fingerprint density at radius 2 is 0.667 bits per heavy atom. The van der Waals surface area contributed by atoms with Gasteiger partial charge in [-0.2, -0.15) is 23.7 Å². The smallest absolute Gasteiger partial charge is 0.309 e. The van der Waals surface area contributed by atoms with Gasteiger partial charge in [0.2, 0.25) is 0 Å². The molecule has 406 valence electrons. The number of rotatable bonds is 8. The minimum absolute atomic E-state index is 0.0974. The Hall–Kier alpha value is -10.2. The maximum Gasteiger partial charge on any atom is 0.416 e. The van der Waals surface area contributed by atoms with Crippen LogP contribution in [0.3, 0.4) is 0 Å². The maximum atomic E-state index is 14.3. The molecule has 0 N–H and O–H groups in total. The van der Waals surface area contributed by atoms with Gasteiger partial charge < -0.3 is 9.13 Å². The Morgan fingerprint density at radius 1 is 0.310 bits per heavy atom. The molecule has 0 unspecified atom stereocenters. The fourth-order valence-corrected chi connectivity index (χ4v) is 13.0. The Labute approximate surface area is 487 Å². The Kier molecular flexibility index (Phi) is 12.9. The molecule has 0 amide bonds. The topological polar surface area (TPSA) is 57.4 Å². The zero-order valence-corrected chi connectivity index (χ0v) is 48.0. The van der Waals surface area contributed by atoms with Crippen LogP contribution in [0.4, 0.5) is 13.2 Å². The molecule has 0 spiro atoms. The van der Waals surface area contributed by atoms with Crippen molar-refractivity contribution < 1.29 is 13.2 Å². The highest BCUT2D eigenvalue weighted by atomic mass is 19.4. The normalized spacial score (nSPS) is 11.7. The van der Waals surface area contributed by atoms with Crippen molar-refractivity contribution in [1.82, 2.24) is 9.13 Å². The van der Waals surface area contributed by atoms with E-state index in [1.165, 1.54) is 39.4 Å². The van der Waals surface area contributed by atoms with Crippen LogP contribution in [0, 0.1) is 78.1 Å². The van der Waals surface area contributed by atoms with E-state index in [-0.39, 0.29) is 5.56 Å². The SMILES string of the molecule is Cc1ccc(-c2ccc3c(c2)c2cc(-c4ccc(C)cc4C)ccc2n3-c2ccc(C#N)cc2-c2ccc(-c3ccc(C(F)(F)F)cc3C#N)cc2-n2c3ccc(-c4ccc(C)cc4C)cc3c3cc(-c4ccc(C)cc4C)ccc32)c(C)c1. The van der Waals surface area contributed by atoms with Crippen molar-refractivity contribution in [1.29, 1.82) is 10.5 Å². The Balaban J connectivity index is 1.13. The zero-order chi connectivity index (χ0) is 58.5. The molecular weight excluding hydrogens is 1040 g/mol. The Bertz CT molecular complexity index is 4790. The average Bonchev–Trinajstić information content (AvgIpc) is 1.69. The summed E-state index contributed by atoms with van der Waals surface area (Å²) >= 11 is 0. The molecule has 13 aromatic rings. The predicted molar refractivity (Wildman–Crippen MR) is 340 cm³/mol. The molecule has 0 aliphatic heterocycles. The lowest BCUT2D eigenvalue weighted by Gasteiger charge is -2.20. The van der Waals surface area contributed by atoms with Gasteiger partial charge in [-0.25, -0.2) is 0 Å². The van der Waals surface area contributed by atoms with E-state index in [9.17, 15) is 23.7 Å². The van der Waals surface area contributed by atoms with Crippen LogP contribution in [0.2, 0.25) is 0 Å². The van der Waals surface area contributed by atoms with Gasteiger partial charge in [-0.1, -0.05) is 138 Å². The third-order valence-electron chi connectivity index (χ3n) is 17.0. The van der Waals surface area contributed by atoms with Crippen molar-refractivity contribution in [2.75, 3.05) is 0 Å². The quantitative estimate of drug-likeness (QED) is 0.152. The highest BCUT2D eigenvalue weighted by Gasteiger charge is 2.32. The van der Waals surface area contributed by atoms with Crippen LogP contribution in [0.15, 0.2) is 200 Å². The second kappa shape index (κ2) is 20.3. The predicted octanol–water partition coefficient (Wildman–Crippen LogP) is 21.1. The largest absolute Gasteiger partial charge is 0.416 e. The summed E-state index contributed by atoms with van der Waals surface area (Å²) in [5.74, 6) is 0. The van der Waals surface area contributed by atoms with Crippen molar-refractivity contribution in [2.24, 2.45) is 0 Å². The highest BCUT2D eigenvalue weighted by molar-refractivity contribution is 6.14. The highest BCUT2D eigenvalue weighted by Crippen LogP contribution is 2.46. The molecule has 2 aromatic heterocycles. The standard InChI is InChI=1S/C77H57F3N4/c1-44-9-20-60(48(5)31-44)53-15-27-72-67(37-53)68-38-54(61-21-10-45(2)32-49(61)6)16-28-73(68)83(72)71-26-13-52(42-81)35-66(71)65-24-14-57(64-25-19-59(77(78,79)80)36-58(64)43-82)41-76(65)84-74-29-17-55(62-22-11-46(3)33-50(62)7)39-69(74)70-40-56(18-30-75(70)84)63-23-12-47(4)34-51(63)8/h9-41H,1-8H3. The molecule has 0 bridgehead atoms. The lowest BCUT2D eigenvalue weighted by atomic mass is 9.93. The molecule has 13 rings (SSSR count). The van der Waals surface area contributed by atoms with E-state index in [0.29, 0.717) is 22.4 Å². The Morgan fingerprint density at radius 3 is 1.04 bits per heavy atom. The summed E-state index contributed by atoms with van der Waals surface area (Å²) in [5, 5.41) is 25.5. The third kappa shape index (κ3) is 9.10. The van der Waals surface area contributed by atoms with Gasteiger partial charge in [-0.15, -0.1) is 0 Å². The monoisotopic (exact) mass is 1090 g/mol. The number of hydrogen-bond donors (Lipinski definition) is 0. The van der Waals surface area contributed by atoms with Crippen molar-refractivity contribution in [2.45, 2.75) is 61.6 Å². The van der Waals surface area contributed by atoms with Gasteiger partial charge in [-0.05, 0) is 218 Å². The number of halogens is 3. The number of hydrogen-bond acceptors (Lipinski definition) is 2. The molecular formula is C77H57F3N4. The number of aromatic nitrogens is 2. The average molecular weight is 1100 g/mol. The van der Waals surface area contributed by atoms with Crippen molar-refractivity contribution >= 4 is 43.6 Å². The first-order valence-corrected chi connectivity index (χ1v) is 28.2. The van der Waals surface area contributed by atoms with Crippen LogP contribution in [-0.4, -0.2) is 9.13 Å². The van der Waals surface area contributed by atoms with E-state index in [4.69, 9.17) is 0 Å². The summed E-state index contributed by atoms with van der Waals surface area (Å²) in [5.41, 5.74) is 25.5. The first-order valence-electron chi connectivity index (χ1n) is 28.2. The minimum atomic E-state index is -4.65. The summed E-state index contributed by atoms with van der Waals surface area (Å²) in [7, 11) is 0. The van der Waals surface area contributed by atoms with Gasteiger partial charge in [0, 0.05) is 32.7 Å². The van der Waals surface area contributed by atoms with Crippen LogP contribution in [-0.2, 0) is 6.18 Å². The molecule has 0 radical (unpaired) electrons. The molecule has 2 heterocycles. The number of nitrogens with zero attached hydrogens (tertiary/aromatic N) is 4. The summed E-state index contributed by atoms with van der Waals surface area (Å²) in [6.45, 7) is 17.0. The van der Waals surface area contributed by atoms with E-state index in [2.05, 4.69) is 222 Å². The molecule has 4 nitrogen and oxygen atoms in total. The van der Waals surface area contributed by atoms with Gasteiger partial charge in [0.05, 0.1) is 62.3 Å². The number of alkyl halides is 3. The van der Waals surface area contributed by atoms with Crippen molar-refractivity contribution in [3.8, 4) is 90.3 Å². The molecule has 0 fully saturated rings. The fraction of sp³-hybridized carbons (Fsp3) is 0.117. The van der Waals surface area contributed by atoms with Crippen LogP contribution in [0.1, 0.15) is 61.2 Å². The third-order valence-corrected chi connectivity index (χ3v) is 17.0. The number of nitriles is 2. The fourth-order valence-electron chi connectivity index (χ4n) is 13.0. The molecule has 84 heavy (non-hydrogen) atoms. The zero-order valence-electron chi connectivity index (χ0n) is 48.0. The molecule has 0 aliphatic rings. The maximum absolute atomic E-state index is 14.3. The van der Waals surface area contributed by atoms with E-state index in [0.717, 1.165) is 128 Å². The van der Waals surface area contributed by atoms with E-state index < -0.39 is 11.7 Å². The molecule has 0 saturated heterocycles. The van der Waals surface area contributed by atoms with Crippen LogP contribution >= 0.6 is 0 Å². The minimum Gasteiger partial charge on any atom is -0.309 e. The van der Waals surface area contributed by atoms with E-state index in [1.54, 1.807) is 0 Å². The van der Waals surface area contributed by atoms with E-state index >= 15 is 0 Å². The van der Waals surface area contributed by atoms with Crippen LogP contribution in [0.5, 0.6) is 0 Å². The molecule has 7 heteroatoms. The number of benzene rings is 11. The summed E-state index contributed by atoms with van der Waals surface area (Å²) < 4.78 is 47.5. The molecule has 0 saturated carbocycles.